The Hall–Kier alpha value is -3.31. The summed E-state index contributed by atoms with van der Waals surface area (Å²) in [7, 11) is 0. The fourth-order valence-electron chi connectivity index (χ4n) is 3.29. The van der Waals surface area contributed by atoms with Crippen molar-refractivity contribution in [3.05, 3.63) is 58.6 Å². The second-order valence-corrected chi connectivity index (χ2v) is 6.87. The van der Waals surface area contributed by atoms with Gasteiger partial charge in [0.2, 0.25) is 0 Å². The molecule has 1 heterocycles. The van der Waals surface area contributed by atoms with E-state index in [0.29, 0.717) is 0 Å². The number of rotatable bonds is 8. The summed E-state index contributed by atoms with van der Waals surface area (Å²) in [6.45, 7) is 10.3. The van der Waals surface area contributed by atoms with E-state index in [0.717, 1.165) is 54.9 Å². The summed E-state index contributed by atoms with van der Waals surface area (Å²) in [6.07, 6.45) is 6.88. The number of hydrogen-bond donors (Lipinski definition) is 1. The standard InChI is InChI=1S/C24H29N5/c1-5-8-9-21-18(4)27-23(16-25)24(17-26)28-22(21)15-12-19-10-13-20(14-11-19)29(6-2)7-3/h10-15,27H,5-9H2,1-4H3/b15-12+. The largest absolute Gasteiger partial charge is 0.372 e. The average molecular weight is 388 g/mol. The molecular weight excluding hydrogens is 358 g/mol. The number of anilines is 1. The minimum Gasteiger partial charge on any atom is -0.372 e. The molecule has 1 aromatic carbocycles. The molecule has 0 atom stereocenters. The lowest BCUT2D eigenvalue weighted by Crippen LogP contribution is -2.21. The molecule has 1 N–H and O–H groups in total. The van der Waals surface area contributed by atoms with Crippen molar-refractivity contribution >= 4 is 17.5 Å². The molecule has 5 nitrogen and oxygen atoms in total. The molecule has 0 spiro atoms. The van der Waals surface area contributed by atoms with Crippen LogP contribution in [0.2, 0.25) is 0 Å². The highest BCUT2D eigenvalue weighted by molar-refractivity contribution is 6.11. The van der Waals surface area contributed by atoms with E-state index in [9.17, 15) is 10.5 Å². The first-order chi connectivity index (χ1) is 14.1. The maximum absolute atomic E-state index is 9.45. The predicted octanol–water partition coefficient (Wildman–Crippen LogP) is 5.31. The summed E-state index contributed by atoms with van der Waals surface area (Å²) >= 11 is 0. The second kappa shape index (κ2) is 10.9. The van der Waals surface area contributed by atoms with Gasteiger partial charge in [0.1, 0.15) is 12.1 Å². The van der Waals surface area contributed by atoms with E-state index in [1.807, 2.05) is 25.1 Å². The van der Waals surface area contributed by atoms with Crippen molar-refractivity contribution in [3.8, 4) is 12.1 Å². The minimum atomic E-state index is 0.120. The number of nitrogens with zero attached hydrogens (tertiary/aromatic N) is 4. The number of nitriles is 2. The quantitative estimate of drug-likeness (QED) is 0.655. The highest BCUT2D eigenvalue weighted by Gasteiger charge is 2.17. The van der Waals surface area contributed by atoms with E-state index in [1.165, 1.54) is 5.69 Å². The molecule has 0 amide bonds. The van der Waals surface area contributed by atoms with E-state index in [4.69, 9.17) is 0 Å². The summed E-state index contributed by atoms with van der Waals surface area (Å²) in [5.41, 5.74) is 5.24. The van der Waals surface area contributed by atoms with Crippen LogP contribution in [0.25, 0.3) is 6.08 Å². The van der Waals surface area contributed by atoms with Gasteiger partial charge in [-0.05, 0) is 63.0 Å². The molecule has 2 rings (SSSR count). The Kier molecular flexibility index (Phi) is 8.25. The molecule has 5 heteroatoms. The Balaban J connectivity index is 2.38. The van der Waals surface area contributed by atoms with E-state index < -0.39 is 0 Å². The van der Waals surface area contributed by atoms with Gasteiger partial charge in [-0.3, -0.25) is 0 Å². The van der Waals surface area contributed by atoms with Gasteiger partial charge in [0.05, 0.1) is 5.71 Å². The van der Waals surface area contributed by atoms with E-state index in [-0.39, 0.29) is 11.4 Å². The summed E-state index contributed by atoms with van der Waals surface area (Å²) in [6, 6.07) is 12.5. The minimum absolute atomic E-state index is 0.120. The molecule has 0 bridgehead atoms. The van der Waals surface area contributed by atoms with Crippen molar-refractivity contribution < 1.29 is 0 Å². The lowest BCUT2D eigenvalue weighted by atomic mass is 10.0. The van der Waals surface area contributed by atoms with Gasteiger partial charge in [0, 0.05) is 24.5 Å². The molecule has 150 valence electrons. The van der Waals surface area contributed by atoms with Crippen molar-refractivity contribution in [3.63, 3.8) is 0 Å². The molecule has 0 saturated heterocycles. The van der Waals surface area contributed by atoms with Crippen LogP contribution in [-0.2, 0) is 0 Å². The molecule has 0 unspecified atom stereocenters. The third kappa shape index (κ3) is 5.59. The Morgan fingerprint density at radius 3 is 2.28 bits per heavy atom. The number of hydrogen-bond acceptors (Lipinski definition) is 5. The SMILES string of the molecule is CCCCC1=C(C)NC(C#N)=C(C#N)N=C1/C=C/c1ccc(N(CC)CC)cc1. The molecule has 0 aromatic heterocycles. The van der Waals surface area contributed by atoms with Crippen LogP contribution in [0.3, 0.4) is 0 Å². The third-order valence-electron chi connectivity index (χ3n) is 5.00. The second-order valence-electron chi connectivity index (χ2n) is 6.87. The van der Waals surface area contributed by atoms with Gasteiger partial charge in [-0.2, -0.15) is 10.5 Å². The first kappa shape index (κ1) is 22.0. The van der Waals surface area contributed by atoms with Gasteiger partial charge in [-0.1, -0.05) is 31.6 Å². The Bertz CT molecular complexity index is 914. The van der Waals surface area contributed by atoms with Crippen molar-refractivity contribution in [2.24, 2.45) is 4.99 Å². The molecule has 1 aliphatic rings. The molecule has 1 aliphatic heterocycles. The first-order valence-electron chi connectivity index (χ1n) is 10.2. The fraction of sp³-hybridized carbons (Fsp3) is 0.375. The van der Waals surface area contributed by atoms with Crippen molar-refractivity contribution in [1.29, 1.82) is 10.5 Å². The first-order valence-corrected chi connectivity index (χ1v) is 10.2. The molecule has 0 saturated carbocycles. The summed E-state index contributed by atoms with van der Waals surface area (Å²) in [4.78, 5) is 6.82. The average Bonchev–Trinajstić information content (AvgIpc) is 2.88. The van der Waals surface area contributed by atoms with Gasteiger partial charge in [-0.25, -0.2) is 4.99 Å². The highest BCUT2D eigenvalue weighted by Crippen LogP contribution is 2.22. The summed E-state index contributed by atoms with van der Waals surface area (Å²) in [5.74, 6) is 0. The molecule has 0 aliphatic carbocycles. The lowest BCUT2D eigenvalue weighted by Gasteiger charge is -2.20. The Morgan fingerprint density at radius 1 is 1.03 bits per heavy atom. The van der Waals surface area contributed by atoms with Crippen LogP contribution in [0, 0.1) is 22.7 Å². The van der Waals surface area contributed by atoms with Gasteiger partial charge in [0.25, 0.3) is 0 Å². The monoisotopic (exact) mass is 387 g/mol. The predicted molar refractivity (Wildman–Crippen MR) is 120 cm³/mol. The van der Waals surface area contributed by atoms with E-state index in [2.05, 4.69) is 66.3 Å². The van der Waals surface area contributed by atoms with Gasteiger partial charge in [-0.15, -0.1) is 0 Å². The van der Waals surface area contributed by atoms with Crippen LogP contribution < -0.4 is 10.2 Å². The van der Waals surface area contributed by atoms with Crippen LogP contribution >= 0.6 is 0 Å². The molecule has 0 radical (unpaired) electrons. The normalized spacial score (nSPS) is 14.2. The highest BCUT2D eigenvalue weighted by atomic mass is 15.1. The van der Waals surface area contributed by atoms with Crippen molar-refractivity contribution in [1.82, 2.24) is 5.32 Å². The zero-order valence-electron chi connectivity index (χ0n) is 17.8. The topological polar surface area (TPSA) is 75.2 Å². The molecular formula is C24H29N5. The fourth-order valence-corrected chi connectivity index (χ4v) is 3.29. The van der Waals surface area contributed by atoms with Crippen LogP contribution in [0.4, 0.5) is 5.69 Å². The zero-order valence-corrected chi connectivity index (χ0v) is 17.8. The number of allylic oxidation sites excluding steroid dienone is 5. The molecule has 0 fully saturated rings. The number of unbranched alkanes of at least 4 members (excludes halogenated alkanes) is 1. The van der Waals surface area contributed by atoms with E-state index >= 15 is 0 Å². The summed E-state index contributed by atoms with van der Waals surface area (Å²) < 4.78 is 0. The van der Waals surface area contributed by atoms with Crippen molar-refractivity contribution in [2.75, 3.05) is 18.0 Å². The number of aliphatic imine (C=N–C) groups is 1. The van der Waals surface area contributed by atoms with E-state index in [1.54, 1.807) is 0 Å². The maximum atomic E-state index is 9.45. The van der Waals surface area contributed by atoms with Crippen LogP contribution in [0.15, 0.2) is 58.0 Å². The van der Waals surface area contributed by atoms with Crippen LogP contribution in [0.1, 0.15) is 52.5 Å². The number of nitrogens with one attached hydrogen (secondary N) is 1. The molecule has 1 aromatic rings. The molecule has 29 heavy (non-hydrogen) atoms. The van der Waals surface area contributed by atoms with Gasteiger partial charge >= 0.3 is 0 Å². The third-order valence-corrected chi connectivity index (χ3v) is 5.00. The van der Waals surface area contributed by atoms with Crippen LogP contribution in [0.5, 0.6) is 0 Å². The Morgan fingerprint density at radius 2 is 1.72 bits per heavy atom. The van der Waals surface area contributed by atoms with Gasteiger partial charge < -0.3 is 10.2 Å². The zero-order chi connectivity index (χ0) is 21.2. The van der Waals surface area contributed by atoms with Gasteiger partial charge in [0.15, 0.2) is 11.4 Å². The maximum Gasteiger partial charge on any atom is 0.175 e. The summed E-state index contributed by atoms with van der Waals surface area (Å²) in [5, 5.41) is 21.9. The lowest BCUT2D eigenvalue weighted by molar-refractivity contribution is 0.791. The number of benzene rings is 1. The Labute approximate surface area is 174 Å². The van der Waals surface area contributed by atoms with Crippen molar-refractivity contribution in [2.45, 2.75) is 47.0 Å². The van der Waals surface area contributed by atoms with Crippen LogP contribution in [-0.4, -0.2) is 18.8 Å². The smallest absolute Gasteiger partial charge is 0.175 e.